The molecule has 0 unspecified atom stereocenters. The molecule has 18 heavy (non-hydrogen) atoms. The summed E-state index contributed by atoms with van der Waals surface area (Å²) < 4.78 is 0. The number of hydrogen-bond acceptors (Lipinski definition) is 4. The van der Waals surface area contributed by atoms with E-state index < -0.39 is 5.97 Å². The van der Waals surface area contributed by atoms with Gasteiger partial charge in [0.2, 0.25) is 0 Å². The molecular formula is C12H9ClN2O2S. The van der Waals surface area contributed by atoms with Crippen molar-refractivity contribution in [2.45, 2.75) is 10.8 Å². The Morgan fingerprint density at radius 3 is 2.83 bits per heavy atom. The van der Waals surface area contributed by atoms with Crippen LogP contribution in [-0.4, -0.2) is 21.0 Å². The molecule has 1 N–H and O–H groups in total. The number of halogens is 1. The molecule has 2 heterocycles. The van der Waals surface area contributed by atoms with E-state index in [9.17, 15) is 4.79 Å². The lowest BCUT2D eigenvalue weighted by atomic mass is 10.3. The van der Waals surface area contributed by atoms with Gasteiger partial charge in [0.05, 0.1) is 15.7 Å². The van der Waals surface area contributed by atoms with Crippen molar-refractivity contribution >= 4 is 29.3 Å². The van der Waals surface area contributed by atoms with Gasteiger partial charge in [0.25, 0.3) is 0 Å². The third-order valence-electron chi connectivity index (χ3n) is 2.09. The minimum absolute atomic E-state index is 0.0529. The molecule has 0 fully saturated rings. The van der Waals surface area contributed by atoms with E-state index in [2.05, 4.69) is 9.97 Å². The van der Waals surface area contributed by atoms with Crippen molar-refractivity contribution in [1.82, 2.24) is 9.97 Å². The molecule has 0 saturated heterocycles. The molecule has 6 heteroatoms. The highest BCUT2D eigenvalue weighted by Gasteiger charge is 2.05. The maximum absolute atomic E-state index is 10.8. The van der Waals surface area contributed by atoms with Crippen LogP contribution in [0.15, 0.2) is 41.6 Å². The van der Waals surface area contributed by atoms with E-state index >= 15 is 0 Å². The van der Waals surface area contributed by atoms with Crippen LogP contribution in [0.5, 0.6) is 0 Å². The predicted molar refractivity (Wildman–Crippen MR) is 70.0 cm³/mol. The Bertz CT molecular complexity index is 560. The zero-order valence-electron chi connectivity index (χ0n) is 9.21. The third-order valence-corrected chi connectivity index (χ3v) is 3.30. The summed E-state index contributed by atoms with van der Waals surface area (Å²) in [6.07, 6.45) is 1.57. The second-order valence-electron chi connectivity index (χ2n) is 3.42. The Balaban J connectivity index is 2.04. The van der Waals surface area contributed by atoms with Crippen LogP contribution in [0.3, 0.4) is 0 Å². The number of thioether (sulfide) groups is 1. The summed E-state index contributed by atoms with van der Waals surface area (Å²) in [7, 11) is 0. The Morgan fingerprint density at radius 1 is 1.33 bits per heavy atom. The number of rotatable bonds is 4. The van der Waals surface area contributed by atoms with E-state index in [0.29, 0.717) is 16.5 Å². The Labute approximate surface area is 113 Å². The standard InChI is InChI=1S/C12H9ClN2O2S/c13-8-4-5-11(14-6-8)18-7-9-2-1-3-10(15-9)12(16)17/h1-6H,7H2,(H,16,17). The molecule has 0 spiro atoms. The van der Waals surface area contributed by atoms with Gasteiger partial charge in [-0.1, -0.05) is 17.7 Å². The molecule has 0 saturated carbocycles. The fourth-order valence-electron chi connectivity index (χ4n) is 1.27. The van der Waals surface area contributed by atoms with Crippen molar-refractivity contribution in [3.8, 4) is 0 Å². The third kappa shape index (κ3) is 3.45. The number of aromatic nitrogens is 2. The summed E-state index contributed by atoms with van der Waals surface area (Å²) in [5.74, 6) is -0.457. The van der Waals surface area contributed by atoms with Gasteiger partial charge < -0.3 is 5.11 Å². The quantitative estimate of drug-likeness (QED) is 0.872. The molecule has 0 atom stereocenters. The van der Waals surface area contributed by atoms with Crippen molar-refractivity contribution in [1.29, 1.82) is 0 Å². The summed E-state index contributed by atoms with van der Waals surface area (Å²) in [5, 5.41) is 10.2. The van der Waals surface area contributed by atoms with Crippen LogP contribution in [0.25, 0.3) is 0 Å². The van der Waals surface area contributed by atoms with Gasteiger partial charge in [-0.2, -0.15) is 0 Å². The van der Waals surface area contributed by atoms with E-state index in [4.69, 9.17) is 16.7 Å². The molecule has 0 aromatic carbocycles. The zero-order chi connectivity index (χ0) is 13.0. The summed E-state index contributed by atoms with van der Waals surface area (Å²) in [6.45, 7) is 0. The van der Waals surface area contributed by atoms with Crippen molar-refractivity contribution in [2.75, 3.05) is 0 Å². The molecule has 0 aliphatic carbocycles. The summed E-state index contributed by atoms with van der Waals surface area (Å²) in [6, 6.07) is 8.51. The molecular weight excluding hydrogens is 272 g/mol. The van der Waals surface area contributed by atoms with Gasteiger partial charge in [0, 0.05) is 11.9 Å². The van der Waals surface area contributed by atoms with Gasteiger partial charge in [0.15, 0.2) is 0 Å². The second-order valence-corrected chi connectivity index (χ2v) is 4.85. The normalized spacial score (nSPS) is 10.3. The highest BCUT2D eigenvalue weighted by Crippen LogP contribution is 2.21. The number of hydrogen-bond donors (Lipinski definition) is 1. The van der Waals surface area contributed by atoms with Crippen LogP contribution in [0.2, 0.25) is 5.02 Å². The van der Waals surface area contributed by atoms with Gasteiger partial charge >= 0.3 is 5.97 Å². The van der Waals surface area contributed by atoms with Crippen molar-refractivity contribution in [3.05, 3.63) is 52.9 Å². The van der Waals surface area contributed by atoms with Crippen LogP contribution in [0, 0.1) is 0 Å². The molecule has 0 amide bonds. The molecule has 2 rings (SSSR count). The lowest BCUT2D eigenvalue weighted by molar-refractivity contribution is 0.0690. The molecule has 0 bridgehead atoms. The molecule has 92 valence electrons. The number of carboxylic acid groups (broad SMARTS) is 1. The van der Waals surface area contributed by atoms with Crippen molar-refractivity contribution < 1.29 is 9.90 Å². The van der Waals surface area contributed by atoms with Crippen LogP contribution < -0.4 is 0 Å². The Hall–Kier alpha value is -1.59. The summed E-state index contributed by atoms with van der Waals surface area (Å²) in [4.78, 5) is 18.9. The maximum atomic E-state index is 10.8. The van der Waals surface area contributed by atoms with E-state index in [0.717, 1.165) is 5.03 Å². The topological polar surface area (TPSA) is 63.1 Å². The van der Waals surface area contributed by atoms with Crippen LogP contribution in [0.4, 0.5) is 0 Å². The summed E-state index contributed by atoms with van der Waals surface area (Å²) in [5.41, 5.74) is 0.758. The van der Waals surface area contributed by atoms with Crippen LogP contribution >= 0.6 is 23.4 Å². The molecule has 2 aromatic rings. The monoisotopic (exact) mass is 280 g/mol. The average molecular weight is 281 g/mol. The SMILES string of the molecule is O=C(O)c1cccc(CSc2ccc(Cl)cn2)n1. The highest BCUT2D eigenvalue weighted by molar-refractivity contribution is 7.98. The molecule has 4 nitrogen and oxygen atoms in total. The second kappa shape index (κ2) is 5.84. The number of aromatic carboxylic acids is 1. The molecule has 2 aromatic heterocycles. The number of nitrogens with zero attached hydrogens (tertiary/aromatic N) is 2. The van der Waals surface area contributed by atoms with Crippen LogP contribution in [0.1, 0.15) is 16.2 Å². The first-order valence-corrected chi connectivity index (χ1v) is 6.45. The lowest BCUT2D eigenvalue weighted by Gasteiger charge is -2.02. The number of carboxylic acids is 1. The smallest absolute Gasteiger partial charge is 0.354 e. The Morgan fingerprint density at radius 2 is 2.17 bits per heavy atom. The highest BCUT2D eigenvalue weighted by atomic mass is 35.5. The predicted octanol–water partition coefficient (Wildman–Crippen LogP) is 3.12. The van der Waals surface area contributed by atoms with E-state index in [1.54, 1.807) is 24.4 Å². The van der Waals surface area contributed by atoms with E-state index in [-0.39, 0.29) is 5.69 Å². The number of pyridine rings is 2. The van der Waals surface area contributed by atoms with Gasteiger partial charge in [-0.15, -0.1) is 11.8 Å². The first-order valence-electron chi connectivity index (χ1n) is 5.09. The fourth-order valence-corrected chi connectivity index (χ4v) is 2.13. The molecule has 0 radical (unpaired) electrons. The van der Waals surface area contributed by atoms with Gasteiger partial charge in [-0.3, -0.25) is 0 Å². The largest absolute Gasteiger partial charge is 0.477 e. The average Bonchev–Trinajstić information content (AvgIpc) is 2.38. The summed E-state index contributed by atoms with van der Waals surface area (Å²) >= 11 is 7.21. The maximum Gasteiger partial charge on any atom is 0.354 e. The van der Waals surface area contributed by atoms with Crippen molar-refractivity contribution in [2.24, 2.45) is 0 Å². The van der Waals surface area contributed by atoms with Gasteiger partial charge in [-0.05, 0) is 24.3 Å². The van der Waals surface area contributed by atoms with E-state index in [1.807, 2.05) is 6.07 Å². The number of carbonyl (C=O) groups is 1. The fraction of sp³-hybridized carbons (Fsp3) is 0.0833. The first kappa shape index (κ1) is 12.9. The molecule has 0 aliphatic rings. The van der Waals surface area contributed by atoms with Crippen molar-refractivity contribution in [3.63, 3.8) is 0 Å². The van der Waals surface area contributed by atoms with E-state index in [1.165, 1.54) is 17.8 Å². The van der Waals surface area contributed by atoms with Gasteiger partial charge in [0.1, 0.15) is 5.69 Å². The first-order chi connectivity index (χ1) is 8.65. The Kier molecular flexibility index (Phi) is 4.17. The molecule has 0 aliphatic heterocycles. The zero-order valence-corrected chi connectivity index (χ0v) is 10.8. The van der Waals surface area contributed by atoms with Gasteiger partial charge in [-0.25, -0.2) is 14.8 Å². The minimum Gasteiger partial charge on any atom is -0.477 e. The lowest BCUT2D eigenvalue weighted by Crippen LogP contribution is -2.01. The van der Waals surface area contributed by atoms with Crippen LogP contribution in [-0.2, 0) is 5.75 Å². The minimum atomic E-state index is -1.02.